The van der Waals surface area contributed by atoms with E-state index in [0.29, 0.717) is 50.6 Å². The van der Waals surface area contributed by atoms with Crippen molar-refractivity contribution in [3.8, 4) is 39.9 Å². The molecule has 1 saturated heterocycles. The number of carbonyl (C=O) groups is 1. The molecule has 3 aliphatic rings. The van der Waals surface area contributed by atoms with Crippen molar-refractivity contribution in [1.82, 2.24) is 0 Å². The van der Waals surface area contributed by atoms with E-state index in [1.807, 2.05) is 6.07 Å². The van der Waals surface area contributed by atoms with E-state index < -0.39 is 43.3 Å². The molecule has 0 unspecified atom stereocenters. The van der Waals surface area contributed by atoms with Gasteiger partial charge in [0.2, 0.25) is 13.1 Å². The number of ether oxygens (including phenoxy) is 7. The van der Waals surface area contributed by atoms with Gasteiger partial charge in [0.15, 0.2) is 23.0 Å². The molecule has 0 radical (unpaired) electrons. The SMILES string of the molecule is COc1cc2cc3c(c(-c4cc5c(cc4O[C@@H]4O[C@H](CO)[C@@H](O)[C@H](O)[C@H]4O)OCO5)c2cc1OC)C(=O)OC3. The average molecular weight is 542 g/mol. The maximum absolute atomic E-state index is 13.0. The second-order valence-electron chi connectivity index (χ2n) is 9.31. The molecule has 0 spiro atoms. The molecule has 1 fully saturated rings. The Hall–Kier alpha value is -3.81. The molecule has 3 aromatic rings. The van der Waals surface area contributed by atoms with E-state index >= 15 is 0 Å². The summed E-state index contributed by atoms with van der Waals surface area (Å²) in [7, 11) is 3.02. The third kappa shape index (κ3) is 4.08. The lowest BCUT2D eigenvalue weighted by Crippen LogP contribution is -2.60. The molecule has 0 amide bonds. The largest absolute Gasteiger partial charge is 0.493 e. The van der Waals surface area contributed by atoms with Crippen LogP contribution < -0.4 is 23.7 Å². The zero-order valence-corrected chi connectivity index (χ0v) is 20.9. The highest BCUT2D eigenvalue weighted by atomic mass is 16.7. The minimum atomic E-state index is -1.66. The van der Waals surface area contributed by atoms with Crippen LogP contribution >= 0.6 is 0 Å². The maximum atomic E-state index is 13.0. The monoisotopic (exact) mass is 542 g/mol. The molecule has 6 rings (SSSR count). The Kier molecular flexibility index (Phi) is 6.36. The highest BCUT2D eigenvalue weighted by Gasteiger charge is 2.45. The number of benzene rings is 3. The van der Waals surface area contributed by atoms with Crippen molar-refractivity contribution in [2.75, 3.05) is 27.6 Å². The predicted molar refractivity (Wildman–Crippen MR) is 132 cm³/mol. The number of hydrogen-bond acceptors (Lipinski definition) is 12. The molecule has 12 nitrogen and oxygen atoms in total. The Labute approximate surface area is 221 Å². The number of hydrogen-bond donors (Lipinski definition) is 4. The molecule has 12 heteroatoms. The first-order valence-corrected chi connectivity index (χ1v) is 12.1. The summed E-state index contributed by atoms with van der Waals surface area (Å²) in [6.45, 7) is -0.596. The van der Waals surface area contributed by atoms with Crippen LogP contribution in [-0.4, -0.2) is 84.7 Å². The van der Waals surface area contributed by atoms with E-state index in [-0.39, 0.29) is 19.1 Å². The fourth-order valence-electron chi connectivity index (χ4n) is 5.13. The van der Waals surface area contributed by atoms with Crippen LogP contribution in [0.5, 0.6) is 28.7 Å². The van der Waals surface area contributed by atoms with Crippen LogP contribution in [0.1, 0.15) is 15.9 Å². The summed E-state index contributed by atoms with van der Waals surface area (Å²) in [5.74, 6) is 1.24. The van der Waals surface area contributed by atoms with Gasteiger partial charge in [-0.25, -0.2) is 4.79 Å². The Morgan fingerprint density at radius 1 is 0.846 bits per heavy atom. The highest BCUT2D eigenvalue weighted by molar-refractivity contribution is 6.12. The number of aliphatic hydroxyl groups is 4. The number of esters is 1. The van der Waals surface area contributed by atoms with Gasteiger partial charge in [0.25, 0.3) is 0 Å². The lowest BCUT2D eigenvalue weighted by Gasteiger charge is -2.39. The number of fused-ring (bicyclic) bond motifs is 3. The molecule has 206 valence electrons. The van der Waals surface area contributed by atoms with E-state index in [1.165, 1.54) is 20.3 Å². The highest BCUT2D eigenvalue weighted by Crippen LogP contribution is 2.49. The van der Waals surface area contributed by atoms with Crippen molar-refractivity contribution >= 4 is 16.7 Å². The minimum Gasteiger partial charge on any atom is -0.493 e. The summed E-state index contributed by atoms with van der Waals surface area (Å²) in [4.78, 5) is 13.0. The molecule has 0 bridgehead atoms. The molecule has 5 atom stereocenters. The van der Waals surface area contributed by atoms with E-state index in [0.717, 1.165) is 5.39 Å². The summed E-state index contributed by atoms with van der Waals surface area (Å²) < 4.78 is 39.2. The third-order valence-electron chi connectivity index (χ3n) is 7.12. The van der Waals surface area contributed by atoms with Gasteiger partial charge in [-0.3, -0.25) is 0 Å². The van der Waals surface area contributed by atoms with Crippen molar-refractivity contribution in [1.29, 1.82) is 0 Å². The topological polar surface area (TPSA) is 163 Å². The molecule has 3 heterocycles. The van der Waals surface area contributed by atoms with E-state index in [9.17, 15) is 25.2 Å². The molecule has 0 aromatic heterocycles. The zero-order chi connectivity index (χ0) is 27.4. The molecule has 0 saturated carbocycles. The fraction of sp³-hybridized carbons (Fsp3) is 0.370. The standard InChI is InChI=1S/C27H26O12/c1-33-16-4-11-3-12-9-35-26(32)21(12)22(13(11)5-17(16)34-2)14-6-18-19(37-10-36-18)7-15(14)38-27-25(31)24(30)23(29)20(8-28)39-27/h3-7,20,23-25,27-31H,8-10H2,1-2H3/t20-,23-,24+,25-,27-/m1/s1. The van der Waals surface area contributed by atoms with Crippen molar-refractivity contribution in [3.05, 3.63) is 41.5 Å². The number of carbonyl (C=O) groups excluding carboxylic acids is 1. The van der Waals surface area contributed by atoms with Crippen molar-refractivity contribution < 1.29 is 58.4 Å². The van der Waals surface area contributed by atoms with Crippen LogP contribution in [0.25, 0.3) is 21.9 Å². The Bertz CT molecular complexity index is 1450. The molecule has 3 aliphatic heterocycles. The average Bonchev–Trinajstić information content (AvgIpc) is 3.56. The van der Waals surface area contributed by atoms with Crippen molar-refractivity contribution in [2.45, 2.75) is 37.3 Å². The molecule has 3 aromatic carbocycles. The van der Waals surface area contributed by atoms with Gasteiger partial charge in [-0.05, 0) is 35.0 Å². The van der Waals surface area contributed by atoms with Gasteiger partial charge in [-0.15, -0.1) is 0 Å². The van der Waals surface area contributed by atoms with Crippen molar-refractivity contribution in [2.24, 2.45) is 0 Å². The Morgan fingerprint density at radius 3 is 2.28 bits per heavy atom. The Balaban J connectivity index is 1.57. The normalized spacial score (nSPS) is 25.4. The molecule has 0 aliphatic carbocycles. The van der Waals surface area contributed by atoms with Gasteiger partial charge in [0, 0.05) is 22.8 Å². The lowest BCUT2D eigenvalue weighted by atomic mass is 9.89. The molecule has 4 N–H and O–H groups in total. The van der Waals surface area contributed by atoms with Crippen LogP contribution in [-0.2, 0) is 16.1 Å². The Morgan fingerprint density at radius 2 is 1.56 bits per heavy atom. The lowest BCUT2D eigenvalue weighted by molar-refractivity contribution is -0.277. The summed E-state index contributed by atoms with van der Waals surface area (Å²) in [5, 5.41) is 42.1. The second-order valence-corrected chi connectivity index (χ2v) is 9.31. The van der Waals surface area contributed by atoms with Gasteiger partial charge in [0.1, 0.15) is 36.8 Å². The maximum Gasteiger partial charge on any atom is 0.339 e. The number of cyclic esters (lactones) is 1. The molecule has 39 heavy (non-hydrogen) atoms. The van der Waals surface area contributed by atoms with Gasteiger partial charge < -0.3 is 53.6 Å². The van der Waals surface area contributed by atoms with E-state index in [2.05, 4.69) is 0 Å². The van der Waals surface area contributed by atoms with Gasteiger partial charge in [-0.1, -0.05) is 0 Å². The number of aliphatic hydroxyl groups excluding tert-OH is 4. The molecular weight excluding hydrogens is 516 g/mol. The van der Waals surface area contributed by atoms with Gasteiger partial charge in [-0.2, -0.15) is 0 Å². The zero-order valence-electron chi connectivity index (χ0n) is 20.9. The van der Waals surface area contributed by atoms with Gasteiger partial charge in [0.05, 0.1) is 26.4 Å². The van der Waals surface area contributed by atoms with Crippen LogP contribution in [0.3, 0.4) is 0 Å². The predicted octanol–water partition coefficient (Wildman–Crippen LogP) is 1.10. The number of methoxy groups -OCH3 is 2. The van der Waals surface area contributed by atoms with E-state index in [1.54, 1.807) is 18.2 Å². The summed E-state index contributed by atoms with van der Waals surface area (Å²) >= 11 is 0. The summed E-state index contributed by atoms with van der Waals surface area (Å²) in [6, 6.07) is 8.51. The smallest absolute Gasteiger partial charge is 0.339 e. The van der Waals surface area contributed by atoms with Crippen LogP contribution in [0.2, 0.25) is 0 Å². The van der Waals surface area contributed by atoms with Crippen LogP contribution in [0, 0.1) is 0 Å². The first-order valence-electron chi connectivity index (χ1n) is 12.1. The van der Waals surface area contributed by atoms with Crippen LogP contribution in [0.4, 0.5) is 0 Å². The summed E-state index contributed by atoms with van der Waals surface area (Å²) in [6.07, 6.45) is -7.52. The number of rotatable bonds is 6. The first-order chi connectivity index (χ1) is 18.8. The van der Waals surface area contributed by atoms with Gasteiger partial charge >= 0.3 is 5.97 Å². The summed E-state index contributed by atoms with van der Waals surface area (Å²) in [5.41, 5.74) is 1.78. The van der Waals surface area contributed by atoms with Crippen LogP contribution in [0.15, 0.2) is 30.3 Å². The molecular formula is C27H26O12. The first kappa shape index (κ1) is 25.5. The quantitative estimate of drug-likeness (QED) is 0.329. The van der Waals surface area contributed by atoms with Crippen molar-refractivity contribution in [3.63, 3.8) is 0 Å². The third-order valence-corrected chi connectivity index (χ3v) is 7.12. The van der Waals surface area contributed by atoms with E-state index in [4.69, 9.17) is 33.2 Å². The fourth-order valence-corrected chi connectivity index (χ4v) is 5.13. The second kappa shape index (κ2) is 9.74. The minimum absolute atomic E-state index is 0.0427.